The Labute approximate surface area is 302 Å². The van der Waals surface area contributed by atoms with Crippen LogP contribution in [0, 0.1) is 11.2 Å². The van der Waals surface area contributed by atoms with Crippen molar-refractivity contribution in [3.63, 3.8) is 0 Å². The number of aromatic nitrogens is 3. The number of hydrogen-bond acceptors (Lipinski definition) is 8. The van der Waals surface area contributed by atoms with Crippen molar-refractivity contribution in [1.82, 2.24) is 14.8 Å². The number of carbonyl (C=O) groups is 2. The first-order valence-electron chi connectivity index (χ1n) is 17.2. The van der Waals surface area contributed by atoms with Gasteiger partial charge in [0, 0.05) is 53.0 Å². The van der Waals surface area contributed by atoms with Gasteiger partial charge in [-0.15, -0.1) is 0 Å². The van der Waals surface area contributed by atoms with E-state index in [4.69, 9.17) is 19.3 Å². The first kappa shape index (κ1) is 36.6. The van der Waals surface area contributed by atoms with Crippen LogP contribution < -0.4 is 4.74 Å². The summed E-state index contributed by atoms with van der Waals surface area (Å²) >= 11 is 0. The largest absolute Gasteiger partial charge is 0.468 e. The highest BCUT2D eigenvalue weighted by atomic mass is 32.2. The van der Waals surface area contributed by atoms with Crippen LogP contribution in [0.1, 0.15) is 62.8 Å². The molecule has 52 heavy (non-hydrogen) atoms. The highest BCUT2D eigenvalue weighted by molar-refractivity contribution is 7.92. The van der Waals surface area contributed by atoms with Crippen LogP contribution in [0.25, 0.3) is 28.2 Å². The number of sulfone groups is 1. The van der Waals surface area contributed by atoms with E-state index < -0.39 is 38.3 Å². The number of methoxy groups -OCH3 is 1. The van der Waals surface area contributed by atoms with Gasteiger partial charge in [-0.05, 0) is 72.7 Å². The van der Waals surface area contributed by atoms with Gasteiger partial charge in [-0.25, -0.2) is 17.6 Å². The number of benzene rings is 3. The summed E-state index contributed by atoms with van der Waals surface area (Å²) in [5, 5.41) is 3.91. The van der Waals surface area contributed by atoms with Gasteiger partial charge in [0.2, 0.25) is 0 Å². The van der Waals surface area contributed by atoms with Crippen LogP contribution in [-0.2, 0) is 35.3 Å². The number of ether oxygens (including phenoxy) is 3. The maximum atomic E-state index is 15.9. The van der Waals surface area contributed by atoms with Crippen molar-refractivity contribution in [3.05, 3.63) is 108 Å². The second-order valence-corrected chi connectivity index (χ2v) is 16.0. The Morgan fingerprint density at radius 3 is 2.71 bits per heavy atom. The van der Waals surface area contributed by atoms with Gasteiger partial charge < -0.3 is 19.2 Å². The molecule has 5 aromatic rings. The molecular weight excluding hydrogens is 686 g/mol. The van der Waals surface area contributed by atoms with E-state index in [1.165, 1.54) is 12.1 Å². The summed E-state index contributed by atoms with van der Waals surface area (Å²) in [4.78, 5) is 28.2. The molecule has 2 atom stereocenters. The number of H-pyrrole nitrogens is 1. The molecule has 0 fully saturated rings. The maximum Gasteiger partial charge on any atom is 0.330 e. The molecule has 1 aliphatic heterocycles. The summed E-state index contributed by atoms with van der Waals surface area (Å²) in [5.74, 6) is -2.22. The predicted octanol–water partition coefficient (Wildman–Crippen LogP) is 7.84. The Balaban J connectivity index is 1.46. The zero-order valence-corrected chi connectivity index (χ0v) is 30.4. The fourth-order valence-corrected chi connectivity index (χ4v) is 9.13. The van der Waals surface area contributed by atoms with E-state index in [1.54, 1.807) is 43.5 Å². The third kappa shape index (κ3) is 8.12. The fraction of sp³-hybridized carbons (Fsp3) is 0.325. The number of halogens is 1. The van der Waals surface area contributed by atoms with Gasteiger partial charge in [0.1, 0.15) is 5.75 Å². The van der Waals surface area contributed by atoms with Crippen molar-refractivity contribution in [3.8, 4) is 22.8 Å². The molecular formula is C40H42FN3O7S. The van der Waals surface area contributed by atoms with E-state index in [0.717, 1.165) is 23.8 Å². The number of aromatic amines is 1. The zero-order valence-electron chi connectivity index (χ0n) is 29.6. The van der Waals surface area contributed by atoms with Crippen LogP contribution in [0.5, 0.6) is 11.5 Å². The van der Waals surface area contributed by atoms with Gasteiger partial charge in [-0.3, -0.25) is 9.48 Å². The molecule has 0 aliphatic carbocycles. The molecule has 0 saturated carbocycles. The van der Waals surface area contributed by atoms with Crippen LogP contribution >= 0.6 is 0 Å². The first-order valence-corrected chi connectivity index (χ1v) is 18.9. The molecule has 4 bridgehead atoms. The molecule has 1 aliphatic rings. The predicted molar refractivity (Wildman–Crippen MR) is 197 cm³/mol. The lowest BCUT2D eigenvalue weighted by atomic mass is 9.87. The molecule has 0 amide bonds. The number of hydrogen-bond donors (Lipinski definition) is 1. The highest BCUT2D eigenvalue weighted by Crippen LogP contribution is 2.39. The van der Waals surface area contributed by atoms with Crippen molar-refractivity contribution < 1.29 is 36.6 Å². The number of fused-ring (bicyclic) bond motifs is 8. The monoisotopic (exact) mass is 727 g/mol. The van der Waals surface area contributed by atoms with Crippen LogP contribution in [0.2, 0.25) is 0 Å². The summed E-state index contributed by atoms with van der Waals surface area (Å²) in [6.45, 7) is 5.77. The molecule has 272 valence electrons. The Morgan fingerprint density at radius 2 is 1.92 bits per heavy atom. The SMILES string of the molecule is CCOC(=O)/C=C/c1cccc(C2CCCC(C)(C)CS(=O)(=O)C(C(=O)OC)Cc3c(c(F)cc4[nH]ccc34)Oc3cccc(c3)-c3ccn2n3)c1. The summed E-state index contributed by atoms with van der Waals surface area (Å²) < 4.78 is 62.4. The number of nitrogens with one attached hydrogen (secondary N) is 1. The zero-order chi connectivity index (χ0) is 37.0. The van der Waals surface area contributed by atoms with Gasteiger partial charge in [-0.2, -0.15) is 5.10 Å². The minimum absolute atomic E-state index is 0.170. The molecule has 12 heteroatoms. The Kier molecular flexibility index (Phi) is 10.7. The molecule has 3 heterocycles. The van der Waals surface area contributed by atoms with E-state index >= 15 is 4.39 Å². The Morgan fingerprint density at radius 1 is 1.12 bits per heavy atom. The van der Waals surface area contributed by atoms with Crippen molar-refractivity contribution in [1.29, 1.82) is 0 Å². The molecule has 2 unspecified atom stereocenters. The van der Waals surface area contributed by atoms with Crippen molar-refractivity contribution >= 4 is 38.8 Å². The highest BCUT2D eigenvalue weighted by Gasteiger charge is 2.39. The van der Waals surface area contributed by atoms with Crippen molar-refractivity contribution in [2.24, 2.45) is 5.41 Å². The average Bonchev–Trinajstić information content (AvgIpc) is 3.79. The number of esters is 2. The van der Waals surface area contributed by atoms with Crippen LogP contribution in [-0.4, -0.2) is 59.8 Å². The number of carbonyl (C=O) groups excluding carboxylic acids is 2. The smallest absolute Gasteiger partial charge is 0.330 e. The van der Waals surface area contributed by atoms with Crippen molar-refractivity contribution in [2.45, 2.75) is 57.7 Å². The second kappa shape index (κ2) is 15.2. The van der Waals surface area contributed by atoms with Gasteiger partial charge in [0.15, 0.2) is 26.7 Å². The second-order valence-electron chi connectivity index (χ2n) is 13.8. The maximum absolute atomic E-state index is 15.9. The summed E-state index contributed by atoms with van der Waals surface area (Å²) in [6.07, 6.45) is 8.05. The lowest BCUT2D eigenvalue weighted by Gasteiger charge is -2.28. The quantitative estimate of drug-likeness (QED) is 0.143. The van der Waals surface area contributed by atoms with Gasteiger partial charge in [-0.1, -0.05) is 50.6 Å². The van der Waals surface area contributed by atoms with Crippen LogP contribution in [0.15, 0.2) is 85.2 Å². The van der Waals surface area contributed by atoms with E-state index in [2.05, 4.69) is 4.98 Å². The summed E-state index contributed by atoms with van der Waals surface area (Å²) in [5.41, 5.74) is 3.11. The van der Waals surface area contributed by atoms with E-state index in [1.807, 2.05) is 61.1 Å². The Bertz CT molecular complexity index is 2240. The van der Waals surface area contributed by atoms with E-state index in [-0.39, 0.29) is 36.1 Å². The first-order chi connectivity index (χ1) is 24.9. The molecule has 10 nitrogen and oxygen atoms in total. The van der Waals surface area contributed by atoms with Gasteiger partial charge >= 0.3 is 11.9 Å². The minimum atomic E-state index is -4.13. The topological polar surface area (TPSA) is 130 Å². The summed E-state index contributed by atoms with van der Waals surface area (Å²) in [6, 6.07) is 19.5. The van der Waals surface area contributed by atoms with Crippen LogP contribution in [0.3, 0.4) is 0 Å². The van der Waals surface area contributed by atoms with Crippen molar-refractivity contribution in [2.75, 3.05) is 19.5 Å². The van der Waals surface area contributed by atoms with E-state index in [0.29, 0.717) is 41.6 Å². The lowest BCUT2D eigenvalue weighted by molar-refractivity contribution is -0.140. The molecule has 2 aromatic heterocycles. The number of rotatable bonds is 5. The van der Waals surface area contributed by atoms with E-state index in [9.17, 15) is 18.0 Å². The summed E-state index contributed by atoms with van der Waals surface area (Å²) in [7, 11) is -2.98. The normalized spacial score (nSPS) is 18.9. The molecule has 0 spiro atoms. The standard InChI is InChI=1S/C40H42FN3O7S/c1-5-50-37(45)15-14-26-9-6-11-28(21-26)35-13-8-18-40(2,3)25-52(47,48)36(39(46)49-4)23-31-30-16-19-42-34(30)24-32(41)38(31)51-29-12-7-10-27(22-29)33-17-20-44(35)43-33/h6-7,9-12,14-17,19-22,24,35-36,42H,5,8,13,18,23,25H2,1-4H3/b15-14+. The molecule has 3 aromatic carbocycles. The lowest BCUT2D eigenvalue weighted by Crippen LogP contribution is -2.39. The van der Waals surface area contributed by atoms with Gasteiger partial charge in [0.05, 0.1) is 31.2 Å². The minimum Gasteiger partial charge on any atom is -0.468 e. The third-order valence-corrected chi connectivity index (χ3v) is 11.8. The van der Waals surface area contributed by atoms with Gasteiger partial charge in [0.25, 0.3) is 0 Å². The molecule has 1 N–H and O–H groups in total. The molecule has 0 radical (unpaired) electrons. The average molecular weight is 728 g/mol. The molecule has 0 saturated heterocycles. The molecule has 6 rings (SSSR count). The third-order valence-electron chi connectivity index (χ3n) is 9.35. The number of nitrogens with zero attached hydrogens (tertiary/aromatic N) is 2. The fourth-order valence-electron chi connectivity index (χ4n) is 6.88. The Hall–Kier alpha value is -5.23. The van der Waals surface area contributed by atoms with Crippen LogP contribution in [0.4, 0.5) is 4.39 Å².